The predicted molar refractivity (Wildman–Crippen MR) is 117 cm³/mol. The summed E-state index contributed by atoms with van der Waals surface area (Å²) in [5, 5.41) is 22.5. The first-order chi connectivity index (χ1) is 14.6. The second-order valence-corrected chi connectivity index (χ2v) is 11.5. The second-order valence-electron chi connectivity index (χ2n) is 11.5. The highest BCUT2D eigenvalue weighted by Crippen LogP contribution is 2.69. The highest BCUT2D eigenvalue weighted by atomic mass is 16.5. The fraction of sp³-hybridized carbons (Fsp3) is 0.920. The first-order valence-electron chi connectivity index (χ1n) is 12.4. The van der Waals surface area contributed by atoms with Crippen LogP contribution in [0.5, 0.6) is 0 Å². The molecule has 0 aromatic carbocycles. The summed E-state index contributed by atoms with van der Waals surface area (Å²) in [6.07, 6.45) is 9.38. The van der Waals surface area contributed by atoms with Crippen molar-refractivity contribution in [2.45, 2.75) is 103 Å². The van der Waals surface area contributed by atoms with Crippen LogP contribution in [0.4, 0.5) is 0 Å². The van der Waals surface area contributed by atoms with E-state index in [-0.39, 0.29) is 17.7 Å². The number of hydrogen-bond donors (Lipinski definition) is 2. The van der Waals surface area contributed by atoms with Crippen LogP contribution in [0.2, 0.25) is 0 Å². The molecule has 0 aliphatic heterocycles. The zero-order valence-corrected chi connectivity index (χ0v) is 19.7. The molecular formula is C25H40N2O4. The number of fused-ring (bicyclic) bond motifs is 5. The van der Waals surface area contributed by atoms with E-state index in [9.17, 15) is 20.5 Å². The van der Waals surface area contributed by atoms with E-state index in [4.69, 9.17) is 4.74 Å². The van der Waals surface area contributed by atoms with Gasteiger partial charge in [0.25, 0.3) is 0 Å². The number of hydrogen-bond acceptors (Lipinski definition) is 4. The highest BCUT2D eigenvalue weighted by Gasteiger charge is 2.70. The molecule has 0 aromatic rings. The van der Waals surface area contributed by atoms with E-state index in [1.54, 1.807) is 6.92 Å². The van der Waals surface area contributed by atoms with Gasteiger partial charge in [0.2, 0.25) is 0 Å². The van der Waals surface area contributed by atoms with Crippen LogP contribution in [0, 0.1) is 34.5 Å². The molecule has 4 aliphatic rings. The van der Waals surface area contributed by atoms with E-state index in [1.807, 2.05) is 6.92 Å². The van der Waals surface area contributed by atoms with E-state index in [0.29, 0.717) is 30.1 Å². The number of rotatable bonds is 4. The van der Waals surface area contributed by atoms with Gasteiger partial charge in [-0.1, -0.05) is 13.8 Å². The topological polar surface area (TPSA) is 103 Å². The van der Waals surface area contributed by atoms with Gasteiger partial charge in [-0.3, -0.25) is 0 Å². The molecule has 0 spiro atoms. The largest absolute Gasteiger partial charge is 0.457 e. The fourth-order valence-corrected chi connectivity index (χ4v) is 8.84. The van der Waals surface area contributed by atoms with Crippen LogP contribution in [0.15, 0.2) is 0 Å². The zero-order valence-electron chi connectivity index (χ0n) is 19.7. The normalized spacial score (nSPS) is 48.7. The Morgan fingerprint density at radius 2 is 1.74 bits per heavy atom. The van der Waals surface area contributed by atoms with Crippen LogP contribution in [-0.2, 0) is 9.53 Å². The minimum Gasteiger partial charge on any atom is -0.457 e. The van der Waals surface area contributed by atoms with E-state index >= 15 is 0 Å². The third-order valence-electron chi connectivity index (χ3n) is 10.4. The molecule has 0 saturated heterocycles. The Labute approximate surface area is 186 Å². The van der Waals surface area contributed by atoms with Gasteiger partial charge in [-0.25, -0.2) is 4.79 Å². The van der Waals surface area contributed by atoms with Crippen molar-refractivity contribution in [3.05, 3.63) is 5.53 Å². The minimum atomic E-state index is -1.45. The van der Waals surface area contributed by atoms with Crippen molar-refractivity contribution in [2.75, 3.05) is 6.61 Å². The molecule has 1 unspecified atom stereocenters. The second kappa shape index (κ2) is 7.67. The van der Waals surface area contributed by atoms with Crippen molar-refractivity contribution in [2.24, 2.45) is 34.5 Å². The summed E-state index contributed by atoms with van der Waals surface area (Å²) in [5.41, 5.74) is 7.25. The van der Waals surface area contributed by atoms with E-state index in [0.717, 1.165) is 57.8 Å². The Morgan fingerprint density at radius 3 is 2.39 bits per heavy atom. The van der Waals surface area contributed by atoms with E-state index in [1.165, 1.54) is 0 Å². The standard InChI is InChI=1S/C25H40N2O4/c1-5-24-14-13-22(3,29)15-16(24)7-8-17-18-10-12-25(30,20(27-26)21(28)31-6-2)23(18,4)11-9-19(17)24/h16-19,29-30H,5-15H2,1-4H3/t16-,17+,18+,19+,22-,23+,24+,25?/m1/s1. The zero-order chi connectivity index (χ0) is 22.7. The summed E-state index contributed by atoms with van der Waals surface area (Å²) in [6, 6.07) is 0. The number of carbonyl (C=O) groups excluding carboxylic acids is 1. The van der Waals surface area contributed by atoms with E-state index in [2.05, 4.69) is 18.6 Å². The highest BCUT2D eigenvalue weighted by molar-refractivity contribution is 6.37. The summed E-state index contributed by atoms with van der Waals surface area (Å²) in [5.74, 6) is 1.27. The quantitative estimate of drug-likeness (QED) is 0.302. The van der Waals surface area contributed by atoms with Crippen molar-refractivity contribution in [3.63, 3.8) is 0 Å². The van der Waals surface area contributed by atoms with Gasteiger partial charge in [0.05, 0.1) is 12.2 Å². The average molecular weight is 433 g/mol. The van der Waals surface area contributed by atoms with Crippen molar-refractivity contribution in [1.82, 2.24) is 0 Å². The van der Waals surface area contributed by atoms with Crippen LogP contribution < -0.4 is 0 Å². The van der Waals surface area contributed by atoms with Gasteiger partial charge in [-0.15, -0.1) is 0 Å². The number of carbonyl (C=O) groups is 1. The Morgan fingerprint density at radius 1 is 1.03 bits per heavy atom. The molecule has 4 aliphatic carbocycles. The summed E-state index contributed by atoms with van der Waals surface area (Å²) in [7, 11) is 0. The van der Waals surface area contributed by atoms with Crippen LogP contribution >= 0.6 is 0 Å². The molecule has 0 aromatic heterocycles. The van der Waals surface area contributed by atoms with Crippen molar-refractivity contribution in [3.8, 4) is 0 Å². The maximum absolute atomic E-state index is 12.5. The summed E-state index contributed by atoms with van der Waals surface area (Å²) >= 11 is 0. The first-order valence-corrected chi connectivity index (χ1v) is 12.4. The molecule has 0 heterocycles. The molecule has 4 saturated carbocycles. The molecule has 8 atom stereocenters. The summed E-state index contributed by atoms with van der Waals surface area (Å²) in [6.45, 7) is 8.32. The maximum Gasteiger partial charge on any atom is 0.420 e. The van der Waals surface area contributed by atoms with Gasteiger partial charge in [-0.2, -0.15) is 4.79 Å². The molecular weight excluding hydrogens is 392 g/mol. The molecule has 2 N–H and O–H groups in total. The Kier molecular flexibility index (Phi) is 5.68. The van der Waals surface area contributed by atoms with Crippen LogP contribution in [0.25, 0.3) is 5.53 Å². The maximum atomic E-state index is 12.5. The predicted octanol–water partition coefficient (Wildman–Crippen LogP) is 4.14. The minimum absolute atomic E-state index is 0.183. The number of nitrogens with zero attached hydrogens (tertiary/aromatic N) is 2. The third-order valence-corrected chi connectivity index (χ3v) is 10.4. The Balaban J connectivity index is 1.65. The SMILES string of the molecule is CCOC(=O)C(=[N+]=[N-])C1(O)CC[C@H]2[C@@H]3CC[C@@H]4C[C@](C)(O)CC[C@]4(CC)[C@H]3CC[C@@]21C. The molecule has 6 nitrogen and oxygen atoms in total. The molecule has 4 rings (SSSR count). The van der Waals surface area contributed by atoms with Gasteiger partial charge in [0.15, 0.2) is 5.60 Å². The number of esters is 1. The lowest BCUT2D eigenvalue weighted by molar-refractivity contribution is -0.172. The molecule has 4 fully saturated rings. The fourth-order valence-electron chi connectivity index (χ4n) is 8.84. The monoisotopic (exact) mass is 432 g/mol. The Bertz CT molecular complexity index is 790. The van der Waals surface area contributed by atoms with Crippen molar-refractivity contribution >= 4 is 11.7 Å². The lowest BCUT2D eigenvalue weighted by Crippen LogP contribution is -2.61. The lowest BCUT2D eigenvalue weighted by Gasteiger charge is -2.63. The average Bonchev–Trinajstić information content (AvgIpc) is 2.99. The van der Waals surface area contributed by atoms with Crippen molar-refractivity contribution < 1.29 is 24.5 Å². The van der Waals surface area contributed by atoms with Crippen LogP contribution in [-0.4, -0.2) is 44.5 Å². The molecule has 6 heteroatoms. The smallest absolute Gasteiger partial charge is 0.420 e. The molecule has 0 radical (unpaired) electrons. The van der Waals surface area contributed by atoms with Gasteiger partial charge in [-0.05, 0) is 107 Å². The first kappa shape index (κ1) is 22.9. The van der Waals surface area contributed by atoms with E-state index < -0.39 is 22.6 Å². The summed E-state index contributed by atoms with van der Waals surface area (Å²) in [4.78, 5) is 15.8. The number of aliphatic hydroxyl groups is 2. The molecule has 0 bridgehead atoms. The van der Waals surface area contributed by atoms with Gasteiger partial charge in [0, 0.05) is 5.41 Å². The lowest BCUT2D eigenvalue weighted by atomic mass is 9.42. The van der Waals surface area contributed by atoms with Crippen LogP contribution in [0.1, 0.15) is 91.9 Å². The molecule has 174 valence electrons. The number of ether oxygens (including phenoxy) is 1. The van der Waals surface area contributed by atoms with Crippen LogP contribution in [0.3, 0.4) is 0 Å². The Hall–Kier alpha value is -1.23. The molecule has 31 heavy (non-hydrogen) atoms. The van der Waals surface area contributed by atoms with Gasteiger partial charge in [0.1, 0.15) is 0 Å². The summed E-state index contributed by atoms with van der Waals surface area (Å²) < 4.78 is 5.11. The molecule has 0 amide bonds. The van der Waals surface area contributed by atoms with Gasteiger partial charge < -0.3 is 20.5 Å². The van der Waals surface area contributed by atoms with Crippen molar-refractivity contribution in [1.29, 1.82) is 0 Å². The third kappa shape index (κ3) is 3.16. The van der Waals surface area contributed by atoms with Gasteiger partial charge >= 0.3 is 11.7 Å².